The normalized spacial score (nSPS) is 19.0. The first-order valence-corrected chi connectivity index (χ1v) is 9.84. The molecule has 1 aromatic carbocycles. The van der Waals surface area contributed by atoms with Gasteiger partial charge in [0, 0.05) is 25.8 Å². The predicted molar refractivity (Wildman–Crippen MR) is 97.4 cm³/mol. The molecule has 1 aliphatic heterocycles. The van der Waals surface area contributed by atoms with Crippen LogP contribution in [0.3, 0.4) is 0 Å². The summed E-state index contributed by atoms with van der Waals surface area (Å²) in [7, 11) is 0.662. The molecule has 8 heteroatoms. The van der Waals surface area contributed by atoms with Gasteiger partial charge in [0.2, 0.25) is 15.9 Å². The maximum atomic E-state index is 12.4. The molecular formula is C17H27N3O4S. The number of carbonyl (C=O) groups is 1. The van der Waals surface area contributed by atoms with Gasteiger partial charge in [-0.1, -0.05) is 6.42 Å². The van der Waals surface area contributed by atoms with Crippen LogP contribution in [-0.2, 0) is 14.8 Å². The van der Waals surface area contributed by atoms with Gasteiger partial charge in [-0.2, -0.15) is 0 Å². The van der Waals surface area contributed by atoms with Crippen molar-refractivity contribution in [2.24, 2.45) is 0 Å². The van der Waals surface area contributed by atoms with Crippen LogP contribution in [0.15, 0.2) is 23.1 Å². The number of amides is 1. The largest absolute Gasteiger partial charge is 0.495 e. The Morgan fingerprint density at radius 2 is 2.08 bits per heavy atom. The van der Waals surface area contributed by atoms with Crippen LogP contribution < -0.4 is 10.1 Å². The number of likely N-dealkylation sites (tertiary alicyclic amines) is 1. The minimum Gasteiger partial charge on any atom is -0.495 e. The van der Waals surface area contributed by atoms with Crippen molar-refractivity contribution in [1.82, 2.24) is 9.21 Å². The lowest BCUT2D eigenvalue weighted by Gasteiger charge is -2.32. The minimum atomic E-state index is -3.67. The van der Waals surface area contributed by atoms with Crippen LogP contribution >= 0.6 is 0 Å². The van der Waals surface area contributed by atoms with E-state index in [0.717, 1.165) is 23.7 Å². The smallest absolute Gasteiger partial charge is 0.246 e. The van der Waals surface area contributed by atoms with Gasteiger partial charge in [-0.05, 0) is 44.5 Å². The summed E-state index contributed by atoms with van der Waals surface area (Å²) >= 11 is 0. The molecule has 1 N–H and O–H groups in total. The molecule has 140 valence electrons. The monoisotopic (exact) mass is 369 g/mol. The standard InChI is InChI=1S/C17H27N3O4S/c1-13-7-5-6-10-20(13)12-17(21)18-14-8-9-15(24-4)16(11-14)25(22,23)19(2)3/h8-9,11,13H,5-7,10,12H2,1-4H3,(H,18,21). The molecule has 1 aromatic rings. The molecule has 1 unspecified atom stereocenters. The number of sulfonamides is 1. The van der Waals surface area contributed by atoms with E-state index >= 15 is 0 Å². The molecule has 1 fully saturated rings. The third-order valence-electron chi connectivity index (χ3n) is 4.49. The summed E-state index contributed by atoms with van der Waals surface area (Å²) in [6, 6.07) is 5.02. The van der Waals surface area contributed by atoms with E-state index in [0.29, 0.717) is 18.3 Å². The highest BCUT2D eigenvalue weighted by Crippen LogP contribution is 2.29. The molecule has 1 atom stereocenters. The highest BCUT2D eigenvalue weighted by atomic mass is 32.2. The third-order valence-corrected chi connectivity index (χ3v) is 6.33. The van der Waals surface area contributed by atoms with Crippen LogP contribution in [-0.4, -0.2) is 63.9 Å². The highest BCUT2D eigenvalue weighted by molar-refractivity contribution is 7.89. The van der Waals surface area contributed by atoms with E-state index in [4.69, 9.17) is 4.74 Å². The number of hydrogen-bond donors (Lipinski definition) is 1. The first-order valence-electron chi connectivity index (χ1n) is 8.40. The molecule has 1 amide bonds. The SMILES string of the molecule is COc1ccc(NC(=O)CN2CCCCC2C)cc1S(=O)(=O)N(C)C. The number of hydrogen-bond acceptors (Lipinski definition) is 5. The van der Waals surface area contributed by atoms with Gasteiger partial charge in [0.25, 0.3) is 0 Å². The summed E-state index contributed by atoms with van der Waals surface area (Å²) < 4.78 is 31.1. The topological polar surface area (TPSA) is 79.0 Å². The van der Waals surface area contributed by atoms with E-state index < -0.39 is 10.0 Å². The summed E-state index contributed by atoms with van der Waals surface area (Å²) in [5, 5.41) is 2.79. The van der Waals surface area contributed by atoms with Gasteiger partial charge in [-0.3, -0.25) is 9.69 Å². The fourth-order valence-electron chi connectivity index (χ4n) is 2.93. The van der Waals surface area contributed by atoms with Crippen molar-refractivity contribution in [3.8, 4) is 5.75 Å². The maximum absolute atomic E-state index is 12.4. The number of rotatable bonds is 6. The molecule has 0 bridgehead atoms. The van der Waals surface area contributed by atoms with Gasteiger partial charge in [0.1, 0.15) is 10.6 Å². The van der Waals surface area contributed by atoms with Crippen molar-refractivity contribution in [2.75, 3.05) is 39.6 Å². The molecular weight excluding hydrogens is 342 g/mol. The first kappa shape index (κ1) is 19.7. The maximum Gasteiger partial charge on any atom is 0.246 e. The lowest BCUT2D eigenvalue weighted by atomic mass is 10.0. The van der Waals surface area contributed by atoms with Crippen LogP contribution in [0.4, 0.5) is 5.69 Å². The second-order valence-electron chi connectivity index (χ2n) is 6.52. The number of nitrogens with zero attached hydrogens (tertiary/aromatic N) is 2. The van der Waals surface area contributed by atoms with Crippen LogP contribution in [0.1, 0.15) is 26.2 Å². The molecule has 25 heavy (non-hydrogen) atoms. The van der Waals surface area contributed by atoms with Crippen molar-refractivity contribution in [3.05, 3.63) is 18.2 Å². The average molecular weight is 369 g/mol. The van der Waals surface area contributed by atoms with Crippen molar-refractivity contribution < 1.29 is 17.9 Å². The summed E-state index contributed by atoms with van der Waals surface area (Å²) in [5.41, 5.74) is 0.441. The summed E-state index contributed by atoms with van der Waals surface area (Å²) in [6.07, 6.45) is 3.40. The Morgan fingerprint density at radius 3 is 2.68 bits per heavy atom. The van der Waals surface area contributed by atoms with Crippen LogP contribution in [0, 0.1) is 0 Å². The molecule has 1 saturated heterocycles. The van der Waals surface area contributed by atoms with Gasteiger partial charge in [0.05, 0.1) is 13.7 Å². The quantitative estimate of drug-likeness (QED) is 0.827. The molecule has 2 rings (SSSR count). The number of ether oxygens (including phenoxy) is 1. The Bertz CT molecular complexity index is 719. The Labute approximate surface area is 150 Å². The zero-order chi connectivity index (χ0) is 18.6. The van der Waals surface area contributed by atoms with Crippen molar-refractivity contribution in [2.45, 2.75) is 37.1 Å². The highest BCUT2D eigenvalue weighted by Gasteiger charge is 2.24. The van der Waals surface area contributed by atoms with E-state index in [1.54, 1.807) is 12.1 Å². The van der Waals surface area contributed by atoms with Crippen LogP contribution in [0.2, 0.25) is 0 Å². The van der Waals surface area contributed by atoms with E-state index in [2.05, 4.69) is 17.1 Å². The Balaban J connectivity index is 2.16. The Kier molecular flexibility index (Phi) is 6.42. The number of piperidine rings is 1. The molecule has 0 aliphatic carbocycles. The third kappa shape index (κ3) is 4.71. The summed E-state index contributed by atoms with van der Waals surface area (Å²) in [6.45, 7) is 3.35. The number of nitrogens with one attached hydrogen (secondary N) is 1. The Hall–Kier alpha value is -1.64. The van der Waals surface area contributed by atoms with Crippen LogP contribution in [0.25, 0.3) is 0 Å². The van der Waals surface area contributed by atoms with Crippen molar-refractivity contribution in [3.63, 3.8) is 0 Å². The van der Waals surface area contributed by atoms with Gasteiger partial charge < -0.3 is 10.1 Å². The van der Waals surface area contributed by atoms with E-state index in [1.807, 2.05) is 0 Å². The second kappa shape index (κ2) is 8.16. The van der Waals surface area contributed by atoms with E-state index in [-0.39, 0.29) is 16.6 Å². The van der Waals surface area contributed by atoms with Crippen molar-refractivity contribution in [1.29, 1.82) is 0 Å². The lowest BCUT2D eigenvalue weighted by Crippen LogP contribution is -2.42. The molecule has 0 spiro atoms. The van der Waals surface area contributed by atoms with Crippen LogP contribution in [0.5, 0.6) is 5.75 Å². The fourth-order valence-corrected chi connectivity index (χ4v) is 4.01. The van der Waals surface area contributed by atoms with Gasteiger partial charge in [-0.15, -0.1) is 0 Å². The molecule has 0 saturated carbocycles. The van der Waals surface area contributed by atoms with Gasteiger partial charge in [0.15, 0.2) is 0 Å². The second-order valence-corrected chi connectivity index (χ2v) is 8.64. The summed E-state index contributed by atoms with van der Waals surface area (Å²) in [5.74, 6) is 0.100. The average Bonchev–Trinajstić information content (AvgIpc) is 2.56. The number of methoxy groups -OCH3 is 1. The number of anilines is 1. The molecule has 0 aromatic heterocycles. The zero-order valence-corrected chi connectivity index (χ0v) is 16.1. The Morgan fingerprint density at radius 1 is 1.36 bits per heavy atom. The summed E-state index contributed by atoms with van der Waals surface area (Å²) in [4.78, 5) is 14.5. The molecule has 1 aliphatic rings. The molecule has 7 nitrogen and oxygen atoms in total. The lowest BCUT2D eigenvalue weighted by molar-refractivity contribution is -0.118. The number of benzene rings is 1. The van der Waals surface area contributed by atoms with E-state index in [1.165, 1.54) is 33.7 Å². The fraction of sp³-hybridized carbons (Fsp3) is 0.588. The first-order chi connectivity index (χ1) is 11.8. The molecule has 0 radical (unpaired) electrons. The zero-order valence-electron chi connectivity index (χ0n) is 15.3. The molecule has 1 heterocycles. The van der Waals surface area contributed by atoms with Gasteiger partial charge in [-0.25, -0.2) is 12.7 Å². The van der Waals surface area contributed by atoms with Gasteiger partial charge >= 0.3 is 0 Å². The van der Waals surface area contributed by atoms with E-state index in [9.17, 15) is 13.2 Å². The van der Waals surface area contributed by atoms with Crippen molar-refractivity contribution >= 4 is 21.6 Å². The minimum absolute atomic E-state index is 0.0316. The number of carbonyl (C=O) groups excluding carboxylic acids is 1. The predicted octanol–water partition coefficient (Wildman–Crippen LogP) is 1.76.